The molecule has 0 saturated carbocycles. The number of hydrogen-bond donors (Lipinski definition) is 2. The summed E-state index contributed by atoms with van der Waals surface area (Å²) in [5.41, 5.74) is 3.08. The van der Waals surface area contributed by atoms with Gasteiger partial charge in [-0.2, -0.15) is 0 Å². The smallest absolute Gasteiger partial charge is 0.275 e. The van der Waals surface area contributed by atoms with Gasteiger partial charge in [-0.3, -0.25) is 19.8 Å². The van der Waals surface area contributed by atoms with Gasteiger partial charge in [0.1, 0.15) is 5.75 Å². The Bertz CT molecular complexity index is 1710. The third-order valence-corrected chi connectivity index (χ3v) is 7.88. The third kappa shape index (κ3) is 5.07. The van der Waals surface area contributed by atoms with E-state index >= 15 is 0 Å². The van der Waals surface area contributed by atoms with Crippen molar-refractivity contribution in [3.8, 4) is 17.1 Å². The van der Waals surface area contributed by atoms with E-state index in [0.29, 0.717) is 61.9 Å². The van der Waals surface area contributed by atoms with E-state index in [1.165, 1.54) is 9.36 Å². The zero-order valence-corrected chi connectivity index (χ0v) is 25.2. The van der Waals surface area contributed by atoms with Crippen LogP contribution in [0.15, 0.2) is 80.8 Å². The predicted octanol–water partition coefficient (Wildman–Crippen LogP) is 7.30. The number of aromatic nitrogens is 4. The fourth-order valence-electron chi connectivity index (χ4n) is 4.95. The van der Waals surface area contributed by atoms with Gasteiger partial charge in [0.05, 0.1) is 45.1 Å². The summed E-state index contributed by atoms with van der Waals surface area (Å²) in [7, 11) is 0. The standard InChI is InChI=1S/C30H27BrCl2N4O3/c1-4-15-40-25-14-13-19(31)16-20(25)28(26-17(2)34-36(29(26)38)23-11-7-5-9-21(23)32)27-18(3)35-37(30(27)39)24-12-8-6-10-22(24)33/h5-14,16,28,34-35H,4,15H2,1-3H3. The molecular weight excluding hydrogens is 615 g/mol. The highest BCUT2D eigenvalue weighted by Gasteiger charge is 2.33. The van der Waals surface area contributed by atoms with Gasteiger partial charge in [0.15, 0.2) is 0 Å². The fourth-order valence-corrected chi connectivity index (χ4v) is 5.77. The van der Waals surface area contributed by atoms with E-state index in [-0.39, 0.29) is 11.1 Å². The Morgan fingerprint density at radius 1 is 0.825 bits per heavy atom. The van der Waals surface area contributed by atoms with Crippen molar-refractivity contribution in [3.63, 3.8) is 0 Å². The normalized spacial score (nSPS) is 11.4. The topological polar surface area (TPSA) is 84.8 Å². The number of para-hydroxylation sites is 2. The van der Waals surface area contributed by atoms with Crippen LogP contribution in [0.4, 0.5) is 0 Å². The molecule has 0 amide bonds. The van der Waals surface area contributed by atoms with Gasteiger partial charge in [0.2, 0.25) is 0 Å². The molecule has 40 heavy (non-hydrogen) atoms. The quantitative estimate of drug-likeness (QED) is 0.186. The molecule has 0 aliphatic carbocycles. The van der Waals surface area contributed by atoms with Crippen molar-refractivity contribution >= 4 is 39.1 Å². The zero-order chi connectivity index (χ0) is 28.6. The van der Waals surface area contributed by atoms with Crippen molar-refractivity contribution in [2.75, 3.05) is 6.61 Å². The van der Waals surface area contributed by atoms with Gasteiger partial charge in [-0.25, -0.2) is 9.36 Å². The lowest BCUT2D eigenvalue weighted by Gasteiger charge is -2.20. The zero-order valence-electron chi connectivity index (χ0n) is 22.1. The molecule has 10 heteroatoms. The monoisotopic (exact) mass is 640 g/mol. The second kappa shape index (κ2) is 11.6. The molecule has 0 fully saturated rings. The summed E-state index contributed by atoms with van der Waals surface area (Å²) in [6, 6.07) is 19.8. The highest BCUT2D eigenvalue weighted by molar-refractivity contribution is 9.10. The summed E-state index contributed by atoms with van der Waals surface area (Å²) in [6.45, 7) is 6.13. The average Bonchev–Trinajstić information content (AvgIpc) is 3.39. The van der Waals surface area contributed by atoms with Crippen LogP contribution in [-0.2, 0) is 0 Å². The van der Waals surface area contributed by atoms with E-state index in [0.717, 1.165) is 10.9 Å². The summed E-state index contributed by atoms with van der Waals surface area (Å²) < 4.78 is 9.76. The number of aromatic amines is 2. The summed E-state index contributed by atoms with van der Waals surface area (Å²) in [6.07, 6.45) is 0.797. The number of nitrogens with zero attached hydrogens (tertiary/aromatic N) is 2. The lowest BCUT2D eigenvalue weighted by atomic mass is 9.84. The van der Waals surface area contributed by atoms with Crippen LogP contribution in [-0.4, -0.2) is 26.2 Å². The highest BCUT2D eigenvalue weighted by atomic mass is 79.9. The molecule has 0 spiro atoms. The average molecular weight is 642 g/mol. The molecular formula is C30H27BrCl2N4O3. The van der Waals surface area contributed by atoms with E-state index in [1.54, 1.807) is 36.4 Å². The van der Waals surface area contributed by atoms with Crippen LogP contribution >= 0.6 is 39.1 Å². The number of nitrogens with one attached hydrogen (secondary N) is 2. The van der Waals surface area contributed by atoms with Crippen molar-refractivity contribution in [3.05, 3.63) is 130 Å². The SMILES string of the molecule is CCCOc1ccc(Br)cc1C(c1c(C)[nH]n(-c2ccccc2Cl)c1=O)c1c(C)[nH]n(-c2ccccc2Cl)c1=O. The van der Waals surface area contributed by atoms with Crippen molar-refractivity contribution in [1.29, 1.82) is 0 Å². The van der Waals surface area contributed by atoms with Crippen LogP contribution in [0.2, 0.25) is 10.0 Å². The van der Waals surface area contributed by atoms with Crippen LogP contribution in [0.25, 0.3) is 11.4 Å². The molecule has 0 aliphatic rings. The molecule has 0 atom stereocenters. The van der Waals surface area contributed by atoms with Crippen LogP contribution < -0.4 is 15.9 Å². The van der Waals surface area contributed by atoms with Crippen LogP contribution in [0.5, 0.6) is 5.75 Å². The van der Waals surface area contributed by atoms with Gasteiger partial charge < -0.3 is 4.74 Å². The Morgan fingerprint density at radius 3 is 1.80 bits per heavy atom. The molecule has 0 radical (unpaired) electrons. The Morgan fingerprint density at radius 2 is 1.32 bits per heavy atom. The number of halogens is 3. The number of aryl methyl sites for hydroxylation is 2. The molecule has 7 nitrogen and oxygen atoms in total. The molecule has 0 aliphatic heterocycles. The number of H-pyrrole nitrogens is 2. The van der Waals surface area contributed by atoms with E-state index in [2.05, 4.69) is 26.1 Å². The highest BCUT2D eigenvalue weighted by Crippen LogP contribution is 2.39. The second-order valence-electron chi connectivity index (χ2n) is 9.45. The van der Waals surface area contributed by atoms with E-state index < -0.39 is 5.92 Å². The van der Waals surface area contributed by atoms with Crippen molar-refractivity contribution < 1.29 is 4.74 Å². The summed E-state index contributed by atoms with van der Waals surface area (Å²) in [5, 5.41) is 7.20. The Labute approximate surface area is 249 Å². The fraction of sp³-hybridized carbons (Fsp3) is 0.200. The molecule has 2 aromatic heterocycles. The summed E-state index contributed by atoms with van der Waals surface area (Å²) in [4.78, 5) is 28.3. The van der Waals surface area contributed by atoms with E-state index in [9.17, 15) is 9.59 Å². The Balaban J connectivity index is 1.83. The molecule has 0 bridgehead atoms. The third-order valence-electron chi connectivity index (χ3n) is 6.74. The summed E-state index contributed by atoms with van der Waals surface area (Å²) in [5.74, 6) is -0.187. The van der Waals surface area contributed by atoms with Gasteiger partial charge in [-0.1, -0.05) is 70.3 Å². The second-order valence-corrected chi connectivity index (χ2v) is 11.2. The van der Waals surface area contributed by atoms with E-state index in [1.807, 2.05) is 51.1 Å². The minimum Gasteiger partial charge on any atom is -0.493 e. The molecule has 0 unspecified atom stereocenters. The molecule has 5 rings (SSSR count). The maximum atomic E-state index is 14.2. The molecule has 2 N–H and O–H groups in total. The maximum Gasteiger partial charge on any atom is 0.275 e. The minimum absolute atomic E-state index is 0.318. The lowest BCUT2D eigenvalue weighted by molar-refractivity contribution is 0.313. The Kier molecular flexibility index (Phi) is 8.12. The van der Waals surface area contributed by atoms with Gasteiger partial charge in [-0.15, -0.1) is 0 Å². The van der Waals surface area contributed by atoms with Crippen molar-refractivity contribution in [1.82, 2.24) is 19.6 Å². The maximum absolute atomic E-state index is 14.2. The van der Waals surface area contributed by atoms with Crippen LogP contribution in [0.3, 0.4) is 0 Å². The minimum atomic E-state index is -0.774. The van der Waals surface area contributed by atoms with Gasteiger partial charge in [0.25, 0.3) is 11.1 Å². The molecule has 0 saturated heterocycles. The molecule has 206 valence electrons. The first-order chi connectivity index (χ1) is 19.2. The number of rotatable bonds is 8. The number of hydrogen-bond acceptors (Lipinski definition) is 3. The van der Waals surface area contributed by atoms with Gasteiger partial charge in [-0.05, 0) is 62.7 Å². The first-order valence-corrected chi connectivity index (χ1v) is 14.3. The van der Waals surface area contributed by atoms with Crippen LogP contribution in [0.1, 0.15) is 47.3 Å². The van der Waals surface area contributed by atoms with Crippen molar-refractivity contribution in [2.45, 2.75) is 33.1 Å². The molecule has 5 aromatic rings. The predicted molar refractivity (Wildman–Crippen MR) is 163 cm³/mol. The number of ether oxygens (including phenoxy) is 1. The lowest BCUT2D eigenvalue weighted by Crippen LogP contribution is -2.26. The van der Waals surface area contributed by atoms with Gasteiger partial charge in [0, 0.05) is 21.4 Å². The molecule has 2 heterocycles. The Hall–Kier alpha value is -3.46. The first-order valence-electron chi connectivity index (χ1n) is 12.8. The summed E-state index contributed by atoms with van der Waals surface area (Å²) >= 11 is 16.5. The van der Waals surface area contributed by atoms with Gasteiger partial charge >= 0.3 is 0 Å². The van der Waals surface area contributed by atoms with Crippen molar-refractivity contribution in [2.24, 2.45) is 0 Å². The largest absolute Gasteiger partial charge is 0.493 e. The van der Waals surface area contributed by atoms with E-state index in [4.69, 9.17) is 27.9 Å². The number of benzene rings is 3. The van der Waals surface area contributed by atoms with Crippen LogP contribution in [0, 0.1) is 13.8 Å². The first kappa shape index (κ1) is 28.1. The molecule has 3 aromatic carbocycles.